The summed E-state index contributed by atoms with van der Waals surface area (Å²) >= 11 is 0.413. The molecule has 0 saturated carbocycles. The van der Waals surface area contributed by atoms with Gasteiger partial charge in [0.25, 0.3) is 9.03 Å². The van der Waals surface area contributed by atoms with Gasteiger partial charge in [0.05, 0.1) is 13.2 Å². The molecule has 6 nitrogen and oxygen atoms in total. The van der Waals surface area contributed by atoms with Crippen molar-refractivity contribution in [3.05, 3.63) is 0 Å². The molecule has 0 aromatic heterocycles. The van der Waals surface area contributed by atoms with Gasteiger partial charge >= 0.3 is 102 Å². The zero-order valence-corrected chi connectivity index (χ0v) is 24.8. The molecule has 0 spiro atoms. The molecule has 18 heavy (non-hydrogen) atoms. The minimum absolute atomic E-state index is 0.178. The maximum atomic E-state index is 5.31. The minimum atomic E-state index is -2.29. The smallest absolute Gasteiger partial charge is 0.212 e. The molecule has 0 radical (unpaired) electrons. The van der Waals surface area contributed by atoms with E-state index in [1.165, 1.54) is 0 Å². The average Bonchev–Trinajstić information content (AvgIpc) is 2.40. The van der Waals surface area contributed by atoms with Crippen LogP contribution >= 0.6 is 17.2 Å². The fourth-order valence-corrected chi connectivity index (χ4v) is 14.1. The first-order valence-corrected chi connectivity index (χ1v) is 12.7. The van der Waals surface area contributed by atoms with Crippen LogP contribution in [0.2, 0.25) is 0 Å². The number of hydrogen-bond donors (Lipinski definition) is 0. The minimum Gasteiger partial charge on any atom is -0.212 e. The second-order valence-electron chi connectivity index (χ2n) is 2.55. The van der Waals surface area contributed by atoms with Gasteiger partial charge in [-0.3, -0.25) is 0 Å². The van der Waals surface area contributed by atoms with Crippen LogP contribution in [0.1, 0.15) is 27.7 Å². The van der Waals surface area contributed by atoms with E-state index in [9.17, 15) is 0 Å². The van der Waals surface area contributed by atoms with Gasteiger partial charge in [-0.15, -0.1) is 0 Å². The van der Waals surface area contributed by atoms with Gasteiger partial charge in [0, 0.05) is 0 Å². The summed E-state index contributed by atoms with van der Waals surface area (Å²) in [7, 11) is -2.46. The van der Waals surface area contributed by atoms with Crippen LogP contribution in [0.5, 0.6) is 0 Å². The Labute approximate surface area is 146 Å². The molecule has 102 valence electrons. The molecule has 10 heteroatoms. The van der Waals surface area contributed by atoms with Crippen LogP contribution < -0.4 is 0 Å². The standard InChI is InChI=1S/C4H11O4P.C4H12O2P.2Hg/c1-3-7-9(5,6)8-4-2;1-3-5-7-6-4-2;;/h3-4H2,1-2H3,(H,5,6);3-4,7H2,1-2H3;;/q;3*+1/p-1. The Morgan fingerprint density at radius 2 is 1.17 bits per heavy atom. The van der Waals surface area contributed by atoms with Crippen LogP contribution in [0.4, 0.5) is 0 Å². The van der Waals surface area contributed by atoms with Gasteiger partial charge in [-0.1, -0.05) is 0 Å². The number of hydrogen-bond acceptors (Lipinski definition) is 6. The van der Waals surface area contributed by atoms with Crippen molar-refractivity contribution >= 4 is 17.2 Å². The van der Waals surface area contributed by atoms with Gasteiger partial charge in [0.15, 0.2) is 0 Å². The molecule has 0 aromatic rings. The van der Waals surface area contributed by atoms with Crippen LogP contribution in [0.25, 0.3) is 0 Å². The number of rotatable bonds is 10. The normalized spacial score (nSPS) is 11.1. The van der Waals surface area contributed by atoms with Gasteiger partial charge in [-0.05, 0) is 13.8 Å². The summed E-state index contributed by atoms with van der Waals surface area (Å²) < 4.78 is 31.0. The molecule has 0 aliphatic heterocycles. The summed E-state index contributed by atoms with van der Waals surface area (Å²) in [5.74, 6) is 0. The van der Waals surface area contributed by atoms with Gasteiger partial charge < -0.3 is 0 Å². The van der Waals surface area contributed by atoms with Crippen molar-refractivity contribution in [2.24, 2.45) is 0 Å². The second-order valence-corrected chi connectivity index (χ2v) is 11.4. The summed E-state index contributed by atoms with van der Waals surface area (Å²) in [5, 5.41) is 0. The Morgan fingerprint density at radius 1 is 0.778 bits per heavy atom. The summed E-state index contributed by atoms with van der Waals surface area (Å²) in [4.78, 5) is 0. The maximum Gasteiger partial charge on any atom is 0.250 e. The van der Waals surface area contributed by atoms with Crippen LogP contribution in [0, 0.1) is 0 Å². The summed E-state index contributed by atoms with van der Waals surface area (Å²) in [5.41, 5.74) is 0. The Bertz CT molecular complexity index is 153. The molecule has 0 amide bonds. The molecule has 0 bridgehead atoms. The first-order valence-electron chi connectivity index (χ1n) is 5.76. The predicted octanol–water partition coefficient (Wildman–Crippen LogP) is 2.99. The van der Waals surface area contributed by atoms with Gasteiger partial charge in [-0.2, -0.15) is 0 Å². The molecule has 0 aliphatic rings. The van der Waals surface area contributed by atoms with Gasteiger partial charge in [0.2, 0.25) is 0 Å². The van der Waals surface area contributed by atoms with E-state index in [2.05, 4.69) is 0 Å². The monoisotopic (exact) mass is 680 g/mol. The first-order chi connectivity index (χ1) is 8.66. The zero-order valence-electron chi connectivity index (χ0n) is 11.7. The summed E-state index contributed by atoms with van der Waals surface area (Å²) in [6.07, 6.45) is 0. The Kier molecular flexibility index (Phi) is 22.2. The van der Waals surface area contributed by atoms with Crippen molar-refractivity contribution in [2.45, 2.75) is 27.7 Å². The molecule has 0 heterocycles. The molecule has 0 saturated heterocycles. The van der Waals surface area contributed by atoms with E-state index in [1.807, 2.05) is 27.7 Å². The van der Waals surface area contributed by atoms with Crippen molar-refractivity contribution < 1.29 is 76.1 Å². The summed E-state index contributed by atoms with van der Waals surface area (Å²) in [6.45, 7) is 10.5. The van der Waals surface area contributed by atoms with E-state index in [0.29, 0.717) is 13.2 Å². The first kappa shape index (κ1) is 22.8. The van der Waals surface area contributed by atoms with Crippen LogP contribution in [-0.4, -0.2) is 26.4 Å². The van der Waals surface area contributed by atoms with Crippen LogP contribution in [-0.2, 0) is 76.1 Å². The fraction of sp³-hybridized carbons (Fsp3) is 1.00. The maximum absolute atomic E-state index is 5.31. The fourth-order valence-electron chi connectivity index (χ4n) is 0.724. The van der Waals surface area contributed by atoms with Gasteiger partial charge in [0.1, 0.15) is 0 Å². The Morgan fingerprint density at radius 3 is 1.39 bits per heavy atom. The third-order valence-electron chi connectivity index (χ3n) is 1.36. The predicted molar refractivity (Wildman–Crippen MR) is 65.3 cm³/mol. The quantitative estimate of drug-likeness (QED) is 0.202. The molecule has 0 atom stereocenters. The van der Waals surface area contributed by atoms with E-state index in [-0.39, 0.29) is 62.2 Å². The Hall–Kier alpha value is 2.49. The van der Waals surface area contributed by atoms with Crippen molar-refractivity contribution in [1.29, 1.82) is 0 Å². The third kappa shape index (κ3) is 13.5. The molecule has 0 aliphatic carbocycles. The third-order valence-corrected chi connectivity index (χ3v) is 11.5. The molecule has 0 N–H and O–H groups in total. The summed E-state index contributed by atoms with van der Waals surface area (Å²) in [6, 6.07) is 0. The molecule has 0 fully saturated rings. The molecule has 0 unspecified atom stereocenters. The van der Waals surface area contributed by atoms with E-state index < -0.39 is 8.17 Å². The largest absolute Gasteiger partial charge is 0.250 e. The van der Waals surface area contributed by atoms with Crippen LogP contribution in [0.3, 0.4) is 0 Å². The van der Waals surface area contributed by atoms with Crippen LogP contribution in [0.15, 0.2) is 0 Å². The Balaban J connectivity index is 0. The van der Waals surface area contributed by atoms with Crippen molar-refractivity contribution in [3.8, 4) is 0 Å². The topological polar surface area (TPSA) is 55.4 Å². The molecule has 0 rings (SSSR count). The van der Waals surface area contributed by atoms with Crippen molar-refractivity contribution in [3.63, 3.8) is 0 Å². The molecular formula is C8H22Hg2O6P2+2. The van der Waals surface area contributed by atoms with Crippen molar-refractivity contribution in [1.82, 2.24) is 0 Å². The second kappa shape index (κ2) is 17.5. The molecular weight excluding hydrogens is 655 g/mol. The van der Waals surface area contributed by atoms with E-state index >= 15 is 0 Å². The molecule has 0 aromatic carbocycles. The van der Waals surface area contributed by atoms with Crippen molar-refractivity contribution in [2.75, 3.05) is 26.4 Å². The van der Waals surface area contributed by atoms with E-state index in [1.54, 1.807) is 0 Å². The van der Waals surface area contributed by atoms with E-state index in [0.717, 1.165) is 13.2 Å². The zero-order chi connectivity index (χ0) is 14.3. The van der Waals surface area contributed by atoms with E-state index in [4.69, 9.17) is 23.0 Å². The average molecular weight is 677 g/mol. The SMILES string of the molecule is CCO[P+]([O][Hg])([O][Hg])OCC.CCO[PH2+]OCC. The van der Waals surface area contributed by atoms with Gasteiger partial charge in [-0.25, -0.2) is 9.05 Å².